The van der Waals surface area contributed by atoms with E-state index in [4.69, 9.17) is 19.9 Å². The van der Waals surface area contributed by atoms with Crippen LogP contribution in [0.25, 0.3) is 0 Å². The maximum absolute atomic E-state index is 13.7. The summed E-state index contributed by atoms with van der Waals surface area (Å²) in [6.07, 6.45) is 8.06. The summed E-state index contributed by atoms with van der Waals surface area (Å²) in [6.45, 7) is 2.44. The number of likely N-dealkylation sites (tertiary alicyclic amines) is 1. The molecule has 0 bridgehead atoms. The fourth-order valence-electron chi connectivity index (χ4n) is 4.21. The Balaban J connectivity index is 1.77. The third-order valence-electron chi connectivity index (χ3n) is 5.98. The molecular formula is C24H34N4O5. The van der Waals surface area contributed by atoms with E-state index in [2.05, 4.69) is 11.9 Å². The number of hydrogen-bond acceptors (Lipinski definition) is 7. The number of benzene rings is 1. The minimum Gasteiger partial charge on any atom is -0.497 e. The average Bonchev–Trinajstić information content (AvgIpc) is 3.45. The Morgan fingerprint density at radius 3 is 2.48 bits per heavy atom. The van der Waals surface area contributed by atoms with Gasteiger partial charge in [-0.25, -0.2) is 9.78 Å². The predicted octanol–water partition coefficient (Wildman–Crippen LogP) is 3.21. The molecule has 0 aliphatic carbocycles. The fraction of sp³-hybridized carbons (Fsp3) is 0.542. The summed E-state index contributed by atoms with van der Waals surface area (Å²) >= 11 is 0. The number of ether oxygens (including phenoxy) is 3. The second kappa shape index (κ2) is 11.6. The first-order chi connectivity index (χ1) is 16.0. The van der Waals surface area contributed by atoms with Gasteiger partial charge in [0.2, 0.25) is 5.91 Å². The number of rotatable bonds is 11. The minimum absolute atomic E-state index is 0.153. The van der Waals surface area contributed by atoms with Crippen molar-refractivity contribution in [2.75, 3.05) is 26.5 Å². The predicted molar refractivity (Wildman–Crippen MR) is 124 cm³/mol. The Hall–Kier alpha value is -3.23. The molecule has 9 heteroatoms. The Morgan fingerprint density at radius 2 is 1.88 bits per heavy atom. The third-order valence-corrected chi connectivity index (χ3v) is 5.98. The lowest BCUT2D eigenvalue weighted by atomic mass is 10.1. The van der Waals surface area contributed by atoms with Crippen molar-refractivity contribution in [3.05, 3.63) is 36.8 Å². The lowest BCUT2D eigenvalue weighted by molar-refractivity contribution is -0.152. The van der Waals surface area contributed by atoms with Crippen molar-refractivity contribution in [3.8, 4) is 11.5 Å². The molecule has 2 aromatic rings. The number of unbranched alkanes of at least 4 members (excludes halogenated alkanes) is 3. The van der Waals surface area contributed by atoms with Crippen LogP contribution in [0.5, 0.6) is 11.5 Å². The molecule has 9 nitrogen and oxygen atoms in total. The molecule has 1 saturated heterocycles. The van der Waals surface area contributed by atoms with Gasteiger partial charge in [0.1, 0.15) is 35.5 Å². The zero-order valence-corrected chi connectivity index (χ0v) is 19.6. The largest absolute Gasteiger partial charge is 0.497 e. The van der Waals surface area contributed by atoms with Crippen LogP contribution in [-0.2, 0) is 14.3 Å². The van der Waals surface area contributed by atoms with Crippen molar-refractivity contribution in [3.63, 3.8) is 0 Å². The number of aromatic nitrogens is 2. The highest BCUT2D eigenvalue weighted by Gasteiger charge is 2.43. The average molecular weight is 459 g/mol. The molecule has 1 amide bonds. The Labute approximate surface area is 194 Å². The molecule has 33 heavy (non-hydrogen) atoms. The van der Waals surface area contributed by atoms with Crippen molar-refractivity contribution >= 4 is 17.7 Å². The topological polar surface area (TPSA) is 109 Å². The smallest absolute Gasteiger partial charge is 0.328 e. The number of carbonyl (C=O) groups is 2. The number of esters is 1. The van der Waals surface area contributed by atoms with Crippen molar-refractivity contribution in [2.24, 2.45) is 0 Å². The van der Waals surface area contributed by atoms with Crippen LogP contribution in [0.3, 0.4) is 0 Å². The summed E-state index contributed by atoms with van der Waals surface area (Å²) < 4.78 is 18.0. The first-order valence-corrected chi connectivity index (χ1v) is 11.4. The van der Waals surface area contributed by atoms with Crippen molar-refractivity contribution < 1.29 is 23.8 Å². The van der Waals surface area contributed by atoms with Gasteiger partial charge in [0, 0.05) is 12.6 Å². The van der Waals surface area contributed by atoms with Gasteiger partial charge in [-0.15, -0.1) is 0 Å². The summed E-state index contributed by atoms with van der Waals surface area (Å²) in [5.41, 5.74) is 5.81. The second-order valence-corrected chi connectivity index (χ2v) is 8.29. The van der Waals surface area contributed by atoms with Gasteiger partial charge in [0.15, 0.2) is 0 Å². The van der Waals surface area contributed by atoms with E-state index >= 15 is 0 Å². The molecule has 0 spiro atoms. The van der Waals surface area contributed by atoms with Crippen LogP contribution in [0, 0.1) is 0 Å². The fourth-order valence-corrected chi connectivity index (χ4v) is 4.21. The van der Waals surface area contributed by atoms with Gasteiger partial charge in [-0.1, -0.05) is 32.6 Å². The van der Waals surface area contributed by atoms with E-state index in [9.17, 15) is 9.59 Å². The SMILES string of the molecule is CCCCCC[C@H](C(=O)N1C[C@@H](Oc2ccc(OC)cc2)C[C@H]1C(=O)OC)n1cnc(N)c1. The maximum atomic E-state index is 13.7. The lowest BCUT2D eigenvalue weighted by Gasteiger charge is -2.28. The van der Waals surface area contributed by atoms with Crippen LogP contribution in [0.15, 0.2) is 36.8 Å². The number of hydrogen-bond donors (Lipinski definition) is 1. The normalized spacial score (nSPS) is 18.7. The second-order valence-electron chi connectivity index (χ2n) is 8.29. The van der Waals surface area contributed by atoms with Crippen LogP contribution >= 0.6 is 0 Å². The van der Waals surface area contributed by atoms with Gasteiger partial charge in [0.05, 0.1) is 27.1 Å². The maximum Gasteiger partial charge on any atom is 0.328 e. The zero-order chi connectivity index (χ0) is 23.8. The van der Waals surface area contributed by atoms with Gasteiger partial charge in [-0.3, -0.25) is 4.79 Å². The van der Waals surface area contributed by atoms with E-state index in [-0.39, 0.29) is 12.0 Å². The number of anilines is 1. The Morgan fingerprint density at radius 1 is 1.15 bits per heavy atom. The number of methoxy groups -OCH3 is 2. The molecule has 1 aromatic heterocycles. The van der Waals surface area contributed by atoms with E-state index in [1.807, 2.05) is 0 Å². The molecule has 1 aromatic carbocycles. The standard InChI is InChI=1S/C24H34N4O5/c1-4-5-6-7-8-20(27-15-22(25)26-16-27)23(29)28-14-19(13-21(28)24(30)32-3)33-18-11-9-17(31-2)10-12-18/h9-12,15-16,19-21H,4-8,13-14,25H2,1-3H3/t19-,20+,21-/m0/s1. The minimum atomic E-state index is -0.704. The summed E-state index contributed by atoms with van der Waals surface area (Å²) in [7, 11) is 2.94. The molecule has 1 aliphatic heterocycles. The summed E-state index contributed by atoms with van der Waals surface area (Å²) in [5.74, 6) is 1.13. The highest BCUT2D eigenvalue weighted by Crippen LogP contribution is 2.29. The van der Waals surface area contributed by atoms with E-state index in [1.165, 1.54) is 7.11 Å². The summed E-state index contributed by atoms with van der Waals surface area (Å²) in [6, 6.07) is 6.03. The number of nitrogens with zero attached hydrogens (tertiary/aromatic N) is 3. The Kier molecular flexibility index (Phi) is 8.57. The zero-order valence-electron chi connectivity index (χ0n) is 19.6. The van der Waals surface area contributed by atoms with Crippen LogP contribution in [-0.4, -0.2) is 59.2 Å². The van der Waals surface area contributed by atoms with Crippen molar-refractivity contribution in [1.29, 1.82) is 0 Å². The molecule has 0 radical (unpaired) electrons. The van der Waals surface area contributed by atoms with E-state index in [0.29, 0.717) is 31.0 Å². The van der Waals surface area contributed by atoms with Gasteiger partial charge < -0.3 is 29.4 Å². The lowest BCUT2D eigenvalue weighted by Crippen LogP contribution is -2.44. The van der Waals surface area contributed by atoms with Gasteiger partial charge in [-0.2, -0.15) is 0 Å². The highest BCUT2D eigenvalue weighted by molar-refractivity contribution is 5.87. The van der Waals surface area contributed by atoms with Crippen LogP contribution < -0.4 is 15.2 Å². The first-order valence-electron chi connectivity index (χ1n) is 11.4. The van der Waals surface area contributed by atoms with Gasteiger partial charge in [0.25, 0.3) is 0 Å². The molecule has 2 N–H and O–H groups in total. The molecule has 0 unspecified atom stereocenters. The van der Waals surface area contributed by atoms with Crippen LogP contribution in [0.2, 0.25) is 0 Å². The molecule has 0 saturated carbocycles. The third kappa shape index (κ3) is 6.18. The molecule has 1 fully saturated rings. The molecule has 3 rings (SSSR count). The Bertz CT molecular complexity index is 914. The van der Waals surface area contributed by atoms with E-state index < -0.39 is 18.1 Å². The number of nitrogens with two attached hydrogens (primary N) is 1. The number of nitrogen functional groups attached to an aromatic ring is 1. The molecule has 2 heterocycles. The van der Waals surface area contributed by atoms with E-state index in [0.717, 1.165) is 31.4 Å². The van der Waals surface area contributed by atoms with Crippen molar-refractivity contribution in [1.82, 2.24) is 14.5 Å². The molecule has 1 aliphatic rings. The molecule has 3 atom stereocenters. The summed E-state index contributed by atoms with van der Waals surface area (Å²) in [4.78, 5) is 31.9. The number of carbonyl (C=O) groups excluding carboxylic acids is 2. The van der Waals surface area contributed by atoms with Crippen LogP contribution in [0.4, 0.5) is 5.82 Å². The van der Waals surface area contributed by atoms with Gasteiger partial charge in [-0.05, 0) is 30.7 Å². The summed E-state index contributed by atoms with van der Waals surface area (Å²) in [5, 5.41) is 0. The monoisotopic (exact) mass is 458 g/mol. The van der Waals surface area contributed by atoms with Crippen molar-refractivity contribution in [2.45, 2.75) is 63.6 Å². The van der Waals surface area contributed by atoms with Crippen LogP contribution in [0.1, 0.15) is 51.5 Å². The number of imidazole rings is 1. The van der Waals surface area contributed by atoms with Gasteiger partial charge >= 0.3 is 5.97 Å². The quantitative estimate of drug-likeness (QED) is 0.407. The van der Waals surface area contributed by atoms with E-state index in [1.54, 1.807) is 53.4 Å². The number of amides is 1. The first kappa shape index (κ1) is 24.4. The molecule has 180 valence electrons. The highest BCUT2D eigenvalue weighted by atomic mass is 16.5. The molecular weight excluding hydrogens is 424 g/mol.